The highest BCUT2D eigenvalue weighted by atomic mass is 19.1. The lowest BCUT2D eigenvalue weighted by Crippen LogP contribution is -2.49. The number of piperazine rings is 1. The van der Waals surface area contributed by atoms with Gasteiger partial charge in [-0.05, 0) is 130 Å². The van der Waals surface area contributed by atoms with Crippen LogP contribution in [0.5, 0.6) is 11.8 Å². The third kappa shape index (κ3) is 9.07. The molecule has 0 bridgehead atoms. The average molecular weight is 973 g/mol. The summed E-state index contributed by atoms with van der Waals surface area (Å²) >= 11 is 0. The molecule has 4 aliphatic heterocycles. The van der Waals surface area contributed by atoms with Gasteiger partial charge in [-0.1, -0.05) is 13.0 Å². The number of phenols is 1. The predicted octanol–water partition coefficient (Wildman–Crippen LogP) is 6.07. The Morgan fingerprint density at radius 2 is 1.68 bits per heavy atom. The smallest absolute Gasteiger partial charge is 0.329 e. The molecule has 4 saturated heterocycles. The summed E-state index contributed by atoms with van der Waals surface area (Å²) in [6.07, 6.45) is 7.97. The Hall–Kier alpha value is -6.24. The number of nitrogens with one attached hydrogen (secondary N) is 1. The summed E-state index contributed by atoms with van der Waals surface area (Å²) in [6.45, 7) is 12.5. The maximum Gasteiger partial charge on any atom is 0.329 e. The van der Waals surface area contributed by atoms with Crippen LogP contribution in [0, 0.1) is 23.0 Å². The number of imide groups is 1. The Labute approximate surface area is 410 Å². The van der Waals surface area contributed by atoms with Crippen LogP contribution in [0.4, 0.5) is 20.3 Å². The number of fused-ring (bicyclic) bond motifs is 3. The van der Waals surface area contributed by atoms with Crippen molar-refractivity contribution in [3.8, 4) is 23.0 Å². The molecule has 0 spiro atoms. The molecule has 2 atom stereocenters. The van der Waals surface area contributed by atoms with Crippen molar-refractivity contribution >= 4 is 56.0 Å². The number of benzene rings is 3. The van der Waals surface area contributed by atoms with Gasteiger partial charge in [0, 0.05) is 88.7 Å². The largest absolute Gasteiger partial charge is 0.508 e. The molecule has 1 unspecified atom stereocenters. The number of amides is 2. The quantitative estimate of drug-likeness (QED) is 0.121. The van der Waals surface area contributed by atoms with Crippen LogP contribution in [0.2, 0.25) is 0 Å². The third-order valence-electron chi connectivity index (χ3n) is 16.0. The number of nitrogens with zero attached hydrogens (tertiary/aromatic N) is 9. The fourth-order valence-corrected chi connectivity index (χ4v) is 11.8. The minimum atomic E-state index is -0.969. The van der Waals surface area contributed by atoms with Crippen molar-refractivity contribution in [3.05, 3.63) is 76.3 Å². The topological polar surface area (TPSA) is 174 Å². The summed E-state index contributed by atoms with van der Waals surface area (Å²) < 4.78 is 41.9. The van der Waals surface area contributed by atoms with E-state index in [9.17, 15) is 24.6 Å². The molecule has 1 saturated carbocycles. The minimum Gasteiger partial charge on any atom is -0.508 e. The van der Waals surface area contributed by atoms with E-state index in [1.54, 1.807) is 24.6 Å². The van der Waals surface area contributed by atoms with Gasteiger partial charge in [0.05, 0.1) is 28.6 Å². The Kier molecular flexibility index (Phi) is 12.2. The number of halogens is 2. The number of aromatic nitrogens is 5. The normalized spacial score (nSPS) is 22.5. The van der Waals surface area contributed by atoms with Crippen LogP contribution in [-0.2, 0) is 23.1 Å². The maximum atomic E-state index is 17.1. The molecule has 374 valence electrons. The zero-order valence-corrected chi connectivity index (χ0v) is 40.7. The number of anilines is 2. The van der Waals surface area contributed by atoms with Gasteiger partial charge in [0.25, 0.3) is 0 Å². The van der Waals surface area contributed by atoms with Crippen molar-refractivity contribution in [2.75, 3.05) is 81.9 Å². The molecule has 3 N–H and O–H groups in total. The Morgan fingerprint density at radius 3 is 2.41 bits per heavy atom. The van der Waals surface area contributed by atoms with E-state index in [0.29, 0.717) is 77.9 Å². The first-order valence-corrected chi connectivity index (χ1v) is 25.3. The number of hydrogen-bond donors (Lipinski definition) is 3. The number of imidazole rings is 1. The van der Waals surface area contributed by atoms with Crippen LogP contribution in [0.15, 0.2) is 53.5 Å². The summed E-state index contributed by atoms with van der Waals surface area (Å²) in [7, 11) is 1.73. The highest BCUT2D eigenvalue weighted by Crippen LogP contribution is 2.47. The molecular formula is C53H62F2N10O6. The lowest BCUT2D eigenvalue weighted by Gasteiger charge is -2.40. The molecular weight excluding hydrogens is 911 g/mol. The lowest BCUT2D eigenvalue weighted by molar-refractivity contribution is -0.135. The second-order valence-electron chi connectivity index (χ2n) is 21.2. The van der Waals surface area contributed by atoms with Gasteiger partial charge in [-0.2, -0.15) is 9.97 Å². The van der Waals surface area contributed by atoms with Gasteiger partial charge in [-0.25, -0.2) is 13.6 Å². The van der Waals surface area contributed by atoms with Gasteiger partial charge in [0.15, 0.2) is 5.82 Å². The maximum absolute atomic E-state index is 17.1. The first-order chi connectivity index (χ1) is 34.2. The first-order valence-electron chi connectivity index (χ1n) is 25.3. The molecule has 5 aliphatic rings. The van der Waals surface area contributed by atoms with E-state index in [0.717, 1.165) is 95.7 Å². The van der Waals surface area contributed by atoms with Crippen molar-refractivity contribution in [2.24, 2.45) is 18.4 Å². The Bertz CT molecular complexity index is 3140. The number of aryl methyl sites for hydroxylation is 2. The fourth-order valence-electron chi connectivity index (χ4n) is 11.8. The standard InChI is InChI=1S/C53H62F2N10O6/c1-4-36-39(54)8-6-33-24-35(66)26-37(44(33)36)46-45(55)47-38(27-56-46)48(64-17-5-14-52(2,70)29-64)59-50(58-47)71-31-53(15-16-53)30-62-18-12-32(13-19-62)28-61-20-22-63(23-21-61)34-7-9-40-42(25-34)60(3)51(69)65(40)41-10-11-43(67)57-49(41)68/h6-9,24-27,32,41,66,70H,4-5,10-23,28-31H2,1-3H3,(H,57,67,68)/t41?,52-/m1/s1. The number of carbonyl (C=O) groups is 2. The van der Waals surface area contributed by atoms with E-state index in [1.165, 1.54) is 29.0 Å². The van der Waals surface area contributed by atoms with Crippen molar-refractivity contribution in [2.45, 2.75) is 83.3 Å². The van der Waals surface area contributed by atoms with Crippen molar-refractivity contribution in [1.82, 2.24) is 39.2 Å². The number of piperidine rings is 3. The van der Waals surface area contributed by atoms with E-state index in [-0.39, 0.29) is 52.0 Å². The molecule has 71 heavy (non-hydrogen) atoms. The summed E-state index contributed by atoms with van der Waals surface area (Å²) in [5, 5.41) is 25.6. The average Bonchev–Trinajstić information content (AvgIpc) is 4.08. The number of pyridine rings is 1. The Morgan fingerprint density at radius 1 is 0.887 bits per heavy atom. The van der Waals surface area contributed by atoms with Crippen LogP contribution in [0.25, 0.3) is 44.0 Å². The van der Waals surface area contributed by atoms with Crippen LogP contribution in [0.1, 0.15) is 76.8 Å². The number of ether oxygens (including phenoxy) is 1. The number of aliphatic hydroxyl groups is 1. The number of aromatic hydroxyl groups is 1. The fraction of sp³-hybridized carbons (Fsp3) is 0.509. The number of phenolic OH excluding ortho intramolecular Hbond substituents is 1. The summed E-state index contributed by atoms with van der Waals surface area (Å²) in [5.41, 5.74) is 1.82. The van der Waals surface area contributed by atoms with Crippen molar-refractivity contribution in [1.29, 1.82) is 0 Å². The number of rotatable bonds is 12. The molecule has 3 aromatic heterocycles. The van der Waals surface area contributed by atoms with Crippen LogP contribution >= 0.6 is 0 Å². The molecule has 1 aliphatic carbocycles. The van der Waals surface area contributed by atoms with Crippen LogP contribution in [-0.4, -0.2) is 134 Å². The monoisotopic (exact) mass is 972 g/mol. The Balaban J connectivity index is 0.735. The number of carbonyl (C=O) groups excluding carboxylic acids is 2. The van der Waals surface area contributed by atoms with E-state index in [2.05, 4.69) is 25.0 Å². The van der Waals surface area contributed by atoms with Crippen LogP contribution in [0.3, 0.4) is 0 Å². The second kappa shape index (κ2) is 18.4. The van der Waals surface area contributed by atoms with Crippen molar-refractivity contribution < 1.29 is 33.3 Å². The molecule has 6 aromatic rings. The molecule has 16 nitrogen and oxygen atoms in total. The van der Waals surface area contributed by atoms with Gasteiger partial charge in [0.2, 0.25) is 11.8 Å². The van der Waals surface area contributed by atoms with Gasteiger partial charge < -0.3 is 29.6 Å². The van der Waals surface area contributed by atoms with Gasteiger partial charge in [-0.3, -0.25) is 33.9 Å². The minimum absolute atomic E-state index is 0.00772. The summed E-state index contributed by atoms with van der Waals surface area (Å²) in [5.74, 6) is -0.941. The third-order valence-corrected chi connectivity index (χ3v) is 16.0. The molecule has 11 rings (SSSR count). The zero-order chi connectivity index (χ0) is 49.3. The predicted molar refractivity (Wildman–Crippen MR) is 267 cm³/mol. The summed E-state index contributed by atoms with van der Waals surface area (Å²) in [4.78, 5) is 61.3. The van der Waals surface area contributed by atoms with E-state index in [4.69, 9.17) is 14.7 Å². The highest BCUT2D eigenvalue weighted by Gasteiger charge is 2.46. The molecule has 5 fully saturated rings. The van der Waals surface area contributed by atoms with E-state index < -0.39 is 29.2 Å². The van der Waals surface area contributed by atoms with Gasteiger partial charge in [-0.15, -0.1) is 0 Å². The zero-order valence-electron chi connectivity index (χ0n) is 40.7. The molecule has 2 amide bonds. The number of hydrogen-bond acceptors (Lipinski definition) is 13. The molecule has 18 heteroatoms. The second-order valence-corrected chi connectivity index (χ2v) is 21.2. The van der Waals surface area contributed by atoms with Gasteiger partial charge >= 0.3 is 11.7 Å². The molecule has 0 radical (unpaired) electrons. The summed E-state index contributed by atoms with van der Waals surface area (Å²) in [6, 6.07) is 11.2. The van der Waals surface area contributed by atoms with E-state index >= 15 is 8.78 Å². The van der Waals surface area contributed by atoms with Gasteiger partial charge in [0.1, 0.15) is 34.6 Å². The van der Waals surface area contributed by atoms with Crippen LogP contribution < -0.4 is 25.5 Å². The highest BCUT2D eigenvalue weighted by molar-refractivity contribution is 6.02. The first kappa shape index (κ1) is 47.1. The SMILES string of the molecule is CCc1c(F)ccc2cc(O)cc(-c3ncc4c(N5CCC[C@@](C)(O)C5)nc(OCC5(CN6CCC(CN7CCN(c8ccc9c(c8)n(C)c(=O)n9C8CCC(=O)NC8=O)CC7)CC6)CC5)nc4c3F)c12. The van der Waals surface area contributed by atoms with E-state index in [1.807, 2.05) is 30.0 Å². The lowest BCUT2D eigenvalue weighted by atomic mass is 9.94. The van der Waals surface area contributed by atoms with Crippen molar-refractivity contribution in [3.63, 3.8) is 0 Å². The molecule has 3 aromatic carbocycles. The molecule has 7 heterocycles. The number of likely N-dealkylation sites (tertiary alicyclic amines) is 1. The number of β-amino-alcohol motifs (C(OH)–C–C–N with tert-alkyl or cyclic N) is 1.